The summed E-state index contributed by atoms with van der Waals surface area (Å²) in [7, 11) is 0. The Balaban J connectivity index is 1.69. The van der Waals surface area contributed by atoms with Crippen LogP contribution in [-0.4, -0.2) is 21.9 Å². The Morgan fingerprint density at radius 2 is 1.77 bits per heavy atom. The quantitative estimate of drug-likeness (QED) is 0.406. The predicted molar refractivity (Wildman–Crippen MR) is 115 cm³/mol. The lowest BCUT2D eigenvalue weighted by molar-refractivity contribution is -0.173. The van der Waals surface area contributed by atoms with Crippen LogP contribution in [0.5, 0.6) is 0 Å². The van der Waals surface area contributed by atoms with E-state index in [1.54, 1.807) is 54.6 Å². The topological polar surface area (TPSA) is 59.0 Å². The molecule has 2 atom stereocenters. The fourth-order valence-corrected chi connectivity index (χ4v) is 4.18. The number of benzene rings is 2. The van der Waals surface area contributed by atoms with Crippen LogP contribution in [0.15, 0.2) is 63.5 Å². The van der Waals surface area contributed by atoms with Crippen LogP contribution in [0.2, 0.25) is 0 Å². The summed E-state index contributed by atoms with van der Waals surface area (Å²) in [5.41, 5.74) is 1.11. The highest BCUT2D eigenvalue weighted by Crippen LogP contribution is 2.46. The second kappa shape index (κ2) is 8.07. The second-order valence-electron chi connectivity index (χ2n) is 6.82. The van der Waals surface area contributed by atoms with Crippen molar-refractivity contribution in [3.63, 3.8) is 0 Å². The van der Waals surface area contributed by atoms with Gasteiger partial charge in [-0.05, 0) is 45.8 Å². The number of nitrogens with zero attached hydrogens (tertiary/aromatic N) is 2. The van der Waals surface area contributed by atoms with Crippen LogP contribution in [0.4, 0.5) is 24.7 Å². The zero-order chi connectivity index (χ0) is 21.5. The molecule has 1 amide bonds. The van der Waals surface area contributed by atoms with E-state index < -0.39 is 24.2 Å². The third kappa shape index (κ3) is 4.11. The molecule has 156 valence electrons. The third-order valence-corrected chi connectivity index (χ3v) is 6.09. The van der Waals surface area contributed by atoms with Gasteiger partial charge < -0.3 is 10.6 Å². The summed E-state index contributed by atoms with van der Waals surface area (Å²) in [6, 6.07) is 13.3. The van der Waals surface area contributed by atoms with Gasteiger partial charge in [0, 0.05) is 16.6 Å². The minimum Gasteiger partial charge on any atom is -0.362 e. The van der Waals surface area contributed by atoms with Crippen molar-refractivity contribution in [3.8, 4) is 0 Å². The number of rotatable bonds is 3. The van der Waals surface area contributed by atoms with Gasteiger partial charge in [0.2, 0.25) is 0 Å². The van der Waals surface area contributed by atoms with Gasteiger partial charge in [0.05, 0.1) is 10.5 Å². The maximum atomic E-state index is 13.8. The normalized spacial score (nSPS) is 18.4. The van der Waals surface area contributed by atoms with Crippen LogP contribution in [0.25, 0.3) is 0 Å². The Labute approximate surface area is 186 Å². The molecule has 1 aromatic heterocycles. The molecule has 0 saturated carbocycles. The van der Waals surface area contributed by atoms with Crippen molar-refractivity contribution in [2.24, 2.45) is 0 Å². The van der Waals surface area contributed by atoms with Crippen molar-refractivity contribution >= 4 is 49.3 Å². The average Bonchev–Trinajstić information content (AvgIpc) is 3.05. The summed E-state index contributed by atoms with van der Waals surface area (Å²) in [5.74, 6) is -0.483. The standard InChI is InChI=1S/C20H15Br2F3N4O/c21-12-6-8-13(9-7-12)26-19(30)17-16(22)18-27-14(11-4-2-1-3-5-11)10-15(20(23,24)25)29(18)28-17/h1-9,14-15,27H,10H2,(H,26,30)/t14-,15-/m1/s1. The summed E-state index contributed by atoms with van der Waals surface area (Å²) in [5, 5.41) is 9.76. The van der Waals surface area contributed by atoms with Gasteiger partial charge >= 0.3 is 6.18 Å². The minimum absolute atomic E-state index is 0.122. The van der Waals surface area contributed by atoms with Gasteiger partial charge in [-0.15, -0.1) is 0 Å². The molecule has 10 heteroatoms. The van der Waals surface area contributed by atoms with Crippen molar-refractivity contribution in [3.05, 3.63) is 74.8 Å². The first-order valence-electron chi connectivity index (χ1n) is 8.97. The molecule has 0 aliphatic carbocycles. The lowest BCUT2D eigenvalue weighted by atomic mass is 9.97. The number of halogens is 5. The summed E-state index contributed by atoms with van der Waals surface area (Å²) in [6.07, 6.45) is -4.75. The Bertz CT molecular complexity index is 1070. The first-order valence-corrected chi connectivity index (χ1v) is 10.6. The van der Waals surface area contributed by atoms with E-state index in [9.17, 15) is 18.0 Å². The predicted octanol–water partition coefficient (Wildman–Crippen LogP) is 6.32. The van der Waals surface area contributed by atoms with Crippen molar-refractivity contribution in [2.45, 2.75) is 24.7 Å². The molecule has 1 aliphatic rings. The number of anilines is 2. The van der Waals surface area contributed by atoms with Crippen LogP contribution < -0.4 is 10.6 Å². The molecular weight excluding hydrogens is 529 g/mol. The Morgan fingerprint density at radius 3 is 2.40 bits per heavy atom. The Morgan fingerprint density at radius 1 is 1.10 bits per heavy atom. The van der Waals surface area contributed by atoms with Gasteiger partial charge in [0.25, 0.3) is 5.91 Å². The number of nitrogens with one attached hydrogen (secondary N) is 2. The van der Waals surface area contributed by atoms with Crippen molar-refractivity contribution in [1.82, 2.24) is 9.78 Å². The first kappa shape index (κ1) is 20.9. The maximum absolute atomic E-state index is 13.8. The third-order valence-electron chi connectivity index (χ3n) is 4.81. The van der Waals surface area contributed by atoms with Crippen molar-refractivity contribution in [1.29, 1.82) is 0 Å². The first-order chi connectivity index (χ1) is 14.2. The zero-order valence-electron chi connectivity index (χ0n) is 15.3. The molecular formula is C20H15Br2F3N4O. The molecule has 30 heavy (non-hydrogen) atoms. The largest absolute Gasteiger partial charge is 0.410 e. The molecule has 0 bridgehead atoms. The molecule has 1 aliphatic heterocycles. The number of hydrogen-bond acceptors (Lipinski definition) is 3. The maximum Gasteiger partial charge on any atom is 0.410 e. The van der Waals surface area contributed by atoms with E-state index in [1.807, 2.05) is 0 Å². The highest BCUT2D eigenvalue weighted by Gasteiger charge is 2.47. The van der Waals surface area contributed by atoms with Gasteiger partial charge in [-0.2, -0.15) is 18.3 Å². The minimum atomic E-state index is -4.52. The Hall–Kier alpha value is -2.33. The molecule has 3 aromatic rings. The van der Waals surface area contributed by atoms with Crippen LogP contribution in [-0.2, 0) is 0 Å². The fraction of sp³-hybridized carbons (Fsp3) is 0.200. The van der Waals surface area contributed by atoms with Crippen LogP contribution in [0.3, 0.4) is 0 Å². The van der Waals surface area contributed by atoms with E-state index >= 15 is 0 Å². The van der Waals surface area contributed by atoms with E-state index in [0.717, 1.165) is 14.7 Å². The number of carbonyl (C=O) groups is 1. The van der Waals surface area contributed by atoms with E-state index in [4.69, 9.17) is 0 Å². The van der Waals surface area contributed by atoms with Gasteiger partial charge in [-0.1, -0.05) is 46.3 Å². The monoisotopic (exact) mass is 542 g/mol. The molecule has 0 fully saturated rings. The molecule has 0 unspecified atom stereocenters. The van der Waals surface area contributed by atoms with Crippen molar-refractivity contribution in [2.75, 3.05) is 10.6 Å². The van der Waals surface area contributed by atoms with Crippen LogP contribution in [0.1, 0.15) is 34.6 Å². The molecule has 0 saturated heterocycles. The van der Waals surface area contributed by atoms with Gasteiger partial charge in [0.15, 0.2) is 11.7 Å². The highest BCUT2D eigenvalue weighted by atomic mass is 79.9. The number of amides is 1. The average molecular weight is 544 g/mol. The molecule has 5 nitrogen and oxygen atoms in total. The van der Waals surface area contributed by atoms with Gasteiger partial charge in [0.1, 0.15) is 5.82 Å². The summed E-state index contributed by atoms with van der Waals surface area (Å²) in [4.78, 5) is 12.7. The number of aromatic nitrogens is 2. The SMILES string of the molecule is O=C(Nc1ccc(Br)cc1)c1nn2c(c1Br)N[C@@H](c1ccccc1)C[C@@H]2C(F)(F)F. The Kier molecular flexibility index (Phi) is 5.63. The van der Waals surface area contributed by atoms with Gasteiger partial charge in [-0.25, -0.2) is 4.68 Å². The van der Waals surface area contributed by atoms with E-state index in [-0.39, 0.29) is 22.4 Å². The van der Waals surface area contributed by atoms with Gasteiger partial charge in [-0.3, -0.25) is 4.79 Å². The number of fused-ring (bicyclic) bond motifs is 1. The molecule has 2 aromatic carbocycles. The smallest absolute Gasteiger partial charge is 0.362 e. The lowest BCUT2D eigenvalue weighted by Crippen LogP contribution is -2.35. The second-order valence-corrected chi connectivity index (χ2v) is 8.53. The molecule has 4 rings (SSSR count). The number of carbonyl (C=O) groups excluding carboxylic acids is 1. The molecule has 0 spiro atoms. The highest BCUT2D eigenvalue weighted by molar-refractivity contribution is 9.11. The van der Waals surface area contributed by atoms with Crippen LogP contribution >= 0.6 is 31.9 Å². The molecule has 2 heterocycles. The van der Waals surface area contributed by atoms with E-state index in [2.05, 4.69) is 47.6 Å². The van der Waals surface area contributed by atoms with E-state index in [0.29, 0.717) is 5.69 Å². The molecule has 2 N–H and O–H groups in total. The summed E-state index contributed by atoms with van der Waals surface area (Å²) >= 11 is 6.58. The fourth-order valence-electron chi connectivity index (χ4n) is 3.36. The zero-order valence-corrected chi connectivity index (χ0v) is 18.4. The molecule has 0 radical (unpaired) electrons. The van der Waals surface area contributed by atoms with Crippen LogP contribution in [0, 0.1) is 0 Å². The van der Waals surface area contributed by atoms with E-state index in [1.165, 1.54) is 0 Å². The lowest BCUT2D eigenvalue weighted by Gasteiger charge is -2.33. The summed E-state index contributed by atoms with van der Waals surface area (Å²) in [6.45, 7) is 0. The number of alkyl halides is 3. The summed E-state index contributed by atoms with van der Waals surface area (Å²) < 4.78 is 43.4. The number of hydrogen-bond donors (Lipinski definition) is 2. The van der Waals surface area contributed by atoms with Crippen molar-refractivity contribution < 1.29 is 18.0 Å².